The molecule has 0 spiro atoms. The predicted octanol–water partition coefficient (Wildman–Crippen LogP) is 2.25. The molecule has 2 aromatic carbocycles. The Morgan fingerprint density at radius 2 is 1.81 bits per heavy atom. The summed E-state index contributed by atoms with van der Waals surface area (Å²) >= 11 is 0. The molecule has 2 aromatic rings. The van der Waals surface area contributed by atoms with Crippen molar-refractivity contribution in [1.29, 1.82) is 0 Å². The minimum Gasteiger partial charge on any atom is -0.508 e. The molecule has 26 heavy (non-hydrogen) atoms. The number of hydrogen-bond donors (Lipinski definition) is 4. The fourth-order valence-corrected chi connectivity index (χ4v) is 2.79. The summed E-state index contributed by atoms with van der Waals surface area (Å²) in [4.78, 5) is 13.3. The van der Waals surface area contributed by atoms with E-state index in [2.05, 4.69) is 0 Å². The quantitative estimate of drug-likeness (QED) is 0.606. The van der Waals surface area contributed by atoms with Gasteiger partial charge in [-0.1, -0.05) is 6.07 Å². The molecular formula is C18H19NO7. The third-order valence-corrected chi connectivity index (χ3v) is 4.11. The monoisotopic (exact) mass is 361 g/mol. The second kappa shape index (κ2) is 6.55. The zero-order chi connectivity index (χ0) is 19.0. The van der Waals surface area contributed by atoms with Crippen LogP contribution in [0.25, 0.3) is 0 Å². The minimum atomic E-state index is -0.806. The molecular weight excluding hydrogens is 342 g/mol. The first kappa shape index (κ1) is 17.5. The average Bonchev–Trinajstić information content (AvgIpc) is 2.57. The van der Waals surface area contributed by atoms with Gasteiger partial charge in [0.1, 0.15) is 23.4 Å². The van der Waals surface area contributed by atoms with E-state index >= 15 is 0 Å². The Labute approximate surface area is 149 Å². The van der Waals surface area contributed by atoms with Gasteiger partial charge in [-0.25, -0.2) is 4.79 Å². The Balaban J connectivity index is 2.02. The van der Waals surface area contributed by atoms with Crippen LogP contribution in [0.2, 0.25) is 0 Å². The number of phenolic OH excluding ortho intramolecular Hbond substituents is 4. The van der Waals surface area contributed by atoms with Crippen LogP contribution < -0.4 is 4.74 Å². The Morgan fingerprint density at radius 1 is 1.08 bits per heavy atom. The normalized spacial score (nSPS) is 18.5. The van der Waals surface area contributed by atoms with Gasteiger partial charge in [0.05, 0.1) is 0 Å². The van der Waals surface area contributed by atoms with E-state index in [1.54, 1.807) is 0 Å². The zero-order valence-electron chi connectivity index (χ0n) is 14.2. The lowest BCUT2D eigenvalue weighted by Gasteiger charge is -2.34. The second-order valence-electron chi connectivity index (χ2n) is 6.25. The van der Waals surface area contributed by atoms with Gasteiger partial charge >= 0.3 is 6.09 Å². The number of carbonyl (C=O) groups is 1. The molecule has 2 atom stereocenters. The van der Waals surface area contributed by atoms with Crippen molar-refractivity contribution in [3.63, 3.8) is 0 Å². The molecule has 0 saturated carbocycles. The van der Waals surface area contributed by atoms with E-state index < -0.39 is 18.3 Å². The maximum atomic E-state index is 12.0. The van der Waals surface area contributed by atoms with E-state index in [1.807, 2.05) is 0 Å². The summed E-state index contributed by atoms with van der Waals surface area (Å²) in [6, 6.07) is 6.67. The summed E-state index contributed by atoms with van der Waals surface area (Å²) in [6.07, 6.45) is -2.04. The molecule has 3 rings (SSSR count). The molecule has 1 heterocycles. The number of phenols is 4. The molecule has 1 aliphatic heterocycles. The summed E-state index contributed by atoms with van der Waals surface area (Å²) in [5.41, 5.74) is 0.865. The molecule has 138 valence electrons. The number of carbonyl (C=O) groups excluding carboxylic acids is 1. The summed E-state index contributed by atoms with van der Waals surface area (Å²) in [5.74, 6) is -0.720. The molecule has 8 nitrogen and oxygen atoms in total. The molecule has 0 saturated heterocycles. The van der Waals surface area contributed by atoms with Crippen molar-refractivity contribution < 1.29 is 34.7 Å². The van der Waals surface area contributed by atoms with Crippen molar-refractivity contribution in [3.8, 4) is 28.7 Å². The summed E-state index contributed by atoms with van der Waals surface area (Å²) in [7, 11) is 3.08. The van der Waals surface area contributed by atoms with Crippen LogP contribution >= 0.6 is 0 Å². The first-order valence-electron chi connectivity index (χ1n) is 7.87. The van der Waals surface area contributed by atoms with Crippen LogP contribution in [0.5, 0.6) is 28.7 Å². The van der Waals surface area contributed by atoms with Crippen molar-refractivity contribution in [3.05, 3.63) is 41.5 Å². The van der Waals surface area contributed by atoms with Gasteiger partial charge in [-0.3, -0.25) is 0 Å². The number of nitrogens with zero attached hydrogens (tertiary/aromatic N) is 1. The van der Waals surface area contributed by atoms with Crippen LogP contribution in [-0.4, -0.2) is 51.6 Å². The van der Waals surface area contributed by atoms with E-state index in [-0.39, 0.29) is 35.2 Å². The van der Waals surface area contributed by atoms with Gasteiger partial charge in [0, 0.05) is 43.8 Å². The first-order chi connectivity index (χ1) is 12.3. The van der Waals surface area contributed by atoms with Crippen molar-refractivity contribution in [1.82, 2.24) is 4.90 Å². The van der Waals surface area contributed by atoms with Crippen LogP contribution in [0, 0.1) is 0 Å². The summed E-state index contributed by atoms with van der Waals surface area (Å²) in [5, 5.41) is 39.0. The summed E-state index contributed by atoms with van der Waals surface area (Å²) < 4.78 is 11.3. The van der Waals surface area contributed by atoms with Gasteiger partial charge < -0.3 is 34.8 Å². The fourth-order valence-electron chi connectivity index (χ4n) is 2.79. The SMILES string of the molecule is CN(C)C(=O)O[C@@H]1Cc2c(O)cc(O)cc2O[C@H]1c1ccc(O)c(O)c1. The van der Waals surface area contributed by atoms with E-state index in [0.717, 1.165) is 0 Å². The number of fused-ring (bicyclic) bond motifs is 1. The molecule has 1 amide bonds. The third-order valence-electron chi connectivity index (χ3n) is 4.11. The molecule has 0 unspecified atom stereocenters. The average molecular weight is 361 g/mol. The molecule has 1 aliphatic rings. The van der Waals surface area contributed by atoms with Crippen molar-refractivity contribution in [2.24, 2.45) is 0 Å². The van der Waals surface area contributed by atoms with Crippen LogP contribution in [0.1, 0.15) is 17.2 Å². The maximum absolute atomic E-state index is 12.0. The highest BCUT2D eigenvalue weighted by molar-refractivity contribution is 5.67. The molecule has 4 N–H and O–H groups in total. The number of ether oxygens (including phenoxy) is 2. The minimum absolute atomic E-state index is 0.146. The van der Waals surface area contributed by atoms with Gasteiger partial charge in [-0.15, -0.1) is 0 Å². The molecule has 0 bridgehead atoms. The van der Waals surface area contributed by atoms with Crippen molar-refractivity contribution >= 4 is 6.09 Å². The van der Waals surface area contributed by atoms with Crippen molar-refractivity contribution in [2.45, 2.75) is 18.6 Å². The molecule has 8 heteroatoms. The molecule has 0 aromatic heterocycles. The first-order valence-corrected chi connectivity index (χ1v) is 7.87. The summed E-state index contributed by atoms with van der Waals surface area (Å²) in [6.45, 7) is 0. The van der Waals surface area contributed by atoms with Crippen LogP contribution in [-0.2, 0) is 11.2 Å². The number of aromatic hydroxyl groups is 4. The van der Waals surface area contributed by atoms with E-state index in [4.69, 9.17) is 9.47 Å². The number of hydrogen-bond acceptors (Lipinski definition) is 7. The van der Waals surface area contributed by atoms with E-state index in [9.17, 15) is 25.2 Å². The Bertz CT molecular complexity index is 850. The molecule has 0 aliphatic carbocycles. The number of rotatable bonds is 2. The van der Waals surface area contributed by atoms with Crippen molar-refractivity contribution in [2.75, 3.05) is 14.1 Å². The van der Waals surface area contributed by atoms with Gasteiger partial charge in [0.15, 0.2) is 17.6 Å². The third kappa shape index (κ3) is 3.26. The van der Waals surface area contributed by atoms with Crippen LogP contribution in [0.3, 0.4) is 0 Å². The topological polar surface area (TPSA) is 120 Å². The number of benzene rings is 2. The lowest BCUT2D eigenvalue weighted by molar-refractivity contribution is -0.00761. The standard InChI is InChI=1S/C18H19NO7/c1-19(2)18(24)26-16-8-11-13(22)6-10(20)7-15(11)25-17(16)9-3-4-12(21)14(23)5-9/h3-7,16-17,20-23H,8H2,1-2H3/t16-,17+/m1/s1. The fraction of sp³-hybridized carbons (Fsp3) is 0.278. The number of amides is 1. The lowest BCUT2D eigenvalue weighted by atomic mass is 9.93. The van der Waals surface area contributed by atoms with Gasteiger partial charge in [-0.2, -0.15) is 0 Å². The van der Waals surface area contributed by atoms with E-state index in [1.165, 1.54) is 49.3 Å². The van der Waals surface area contributed by atoms with Crippen LogP contribution in [0.4, 0.5) is 4.79 Å². The predicted molar refractivity (Wildman–Crippen MR) is 90.6 cm³/mol. The largest absolute Gasteiger partial charge is 0.508 e. The maximum Gasteiger partial charge on any atom is 0.409 e. The second-order valence-corrected chi connectivity index (χ2v) is 6.25. The highest BCUT2D eigenvalue weighted by Gasteiger charge is 2.36. The highest BCUT2D eigenvalue weighted by Crippen LogP contribution is 2.43. The molecule has 0 fully saturated rings. The van der Waals surface area contributed by atoms with E-state index in [0.29, 0.717) is 11.1 Å². The van der Waals surface area contributed by atoms with Gasteiger partial charge in [0.2, 0.25) is 0 Å². The Kier molecular flexibility index (Phi) is 4.41. The highest BCUT2D eigenvalue weighted by atomic mass is 16.6. The Hall–Kier alpha value is -3.29. The van der Waals surface area contributed by atoms with Gasteiger partial charge in [0.25, 0.3) is 0 Å². The van der Waals surface area contributed by atoms with Gasteiger partial charge in [-0.05, 0) is 12.1 Å². The smallest absolute Gasteiger partial charge is 0.409 e. The zero-order valence-corrected chi connectivity index (χ0v) is 14.2. The lowest BCUT2D eigenvalue weighted by Crippen LogP contribution is -2.37. The van der Waals surface area contributed by atoms with Crippen LogP contribution in [0.15, 0.2) is 30.3 Å². The molecule has 0 radical (unpaired) electrons. The Morgan fingerprint density at radius 3 is 2.46 bits per heavy atom.